The van der Waals surface area contributed by atoms with Gasteiger partial charge >= 0.3 is 18.5 Å². The summed E-state index contributed by atoms with van der Waals surface area (Å²) in [5.74, 6) is -0.811. The number of ether oxygens (including phenoxy) is 1. The third-order valence-electron chi connectivity index (χ3n) is 12.0. The highest BCUT2D eigenvalue weighted by Gasteiger charge is 2.42. The second-order valence-electron chi connectivity index (χ2n) is 17.3. The number of anilines is 4. The monoisotopic (exact) mass is 950 g/mol. The number of rotatable bonds is 15. The summed E-state index contributed by atoms with van der Waals surface area (Å²) >= 11 is 0. The van der Waals surface area contributed by atoms with Crippen LogP contribution in [0, 0.1) is 5.41 Å². The first-order chi connectivity index (χ1) is 31.5. The second-order valence-corrected chi connectivity index (χ2v) is 17.3. The summed E-state index contributed by atoms with van der Waals surface area (Å²) < 4.78 is 130. The molecule has 0 saturated heterocycles. The van der Waals surface area contributed by atoms with Crippen LogP contribution in [0.15, 0.2) is 61.7 Å². The minimum atomic E-state index is -4.86. The standard InChI is InChI=1S/C43H47F9N12O3/c1-39(15-28(5-8-32(39)65)62-35-31(42(47,48)49)21-57-37(64-35)55-18-25-16-53-22-59-33(25)43(50,51)52)12-9-24-3-6-29(7-4-24)67-36-26(17-54-23-60-36)19-56-38-58-20-30(41(44,45)46)34(63-38)61-27-10-13-40(2,66)14-11-27/h3-4,6-7,16-17,20-23,27-28,32,65-66H,5,8-15,18-19H2,1-2H3,(H2,55,57,62,64)(H2,56,58,61,63)/t27?,28-,32+,39?,40?/m1/s1. The van der Waals surface area contributed by atoms with Gasteiger partial charge < -0.3 is 36.2 Å². The van der Waals surface area contributed by atoms with Crippen LogP contribution in [0.3, 0.4) is 0 Å². The molecule has 7 rings (SSSR count). The average Bonchev–Trinajstić information content (AvgIpc) is 3.26. The SMILES string of the molecule is CC1(O)CCC(Nc2nc(NCc3cncnc3Oc3ccc(CCC4(C)C[C@H](Nc5nc(NCc6cncnc6C(F)(F)F)ncc5C(F)(F)F)CC[C@@H]4O)cc3)ncc2C(F)(F)F)CC1. The van der Waals surface area contributed by atoms with E-state index in [0.717, 1.165) is 18.1 Å². The molecule has 1 aromatic carbocycles. The lowest BCUT2D eigenvalue weighted by atomic mass is 9.68. The van der Waals surface area contributed by atoms with Crippen molar-refractivity contribution in [1.29, 1.82) is 0 Å². The lowest BCUT2D eigenvalue weighted by Crippen LogP contribution is -2.44. The van der Waals surface area contributed by atoms with E-state index in [-0.39, 0.29) is 54.6 Å². The van der Waals surface area contributed by atoms with Gasteiger partial charge in [-0.1, -0.05) is 19.1 Å². The third-order valence-corrected chi connectivity index (χ3v) is 12.0. The molecule has 4 heterocycles. The van der Waals surface area contributed by atoms with E-state index in [9.17, 15) is 49.7 Å². The topological polar surface area (TPSA) is 201 Å². The van der Waals surface area contributed by atoms with Gasteiger partial charge in [-0.2, -0.15) is 49.5 Å². The van der Waals surface area contributed by atoms with Gasteiger partial charge in [-0.15, -0.1) is 0 Å². The summed E-state index contributed by atoms with van der Waals surface area (Å²) in [6, 6.07) is 6.15. The van der Waals surface area contributed by atoms with E-state index in [0.29, 0.717) is 68.7 Å². The number of nitrogens with one attached hydrogen (secondary N) is 4. The molecule has 5 aromatic rings. The third kappa shape index (κ3) is 12.6. The zero-order valence-electron chi connectivity index (χ0n) is 36.1. The number of nitrogens with zero attached hydrogens (tertiary/aromatic N) is 8. The highest BCUT2D eigenvalue weighted by molar-refractivity contribution is 5.51. The molecule has 360 valence electrons. The Morgan fingerprint density at radius 2 is 1.22 bits per heavy atom. The minimum absolute atomic E-state index is 0.00880. The van der Waals surface area contributed by atoms with Gasteiger partial charge in [0.25, 0.3) is 0 Å². The smallest absolute Gasteiger partial charge is 0.433 e. The number of aromatic nitrogens is 8. The Kier molecular flexibility index (Phi) is 14.3. The number of hydrogen-bond acceptors (Lipinski definition) is 15. The van der Waals surface area contributed by atoms with Crippen LogP contribution in [0.2, 0.25) is 0 Å². The van der Waals surface area contributed by atoms with E-state index >= 15 is 0 Å². The van der Waals surface area contributed by atoms with E-state index in [1.807, 2.05) is 19.1 Å². The number of alkyl halides is 9. The van der Waals surface area contributed by atoms with Crippen LogP contribution in [0.5, 0.6) is 11.6 Å². The van der Waals surface area contributed by atoms with Crippen LogP contribution in [0.1, 0.15) is 98.7 Å². The molecule has 4 aromatic heterocycles. The molecule has 0 amide bonds. The molecule has 67 heavy (non-hydrogen) atoms. The molecule has 15 nitrogen and oxygen atoms in total. The van der Waals surface area contributed by atoms with Crippen molar-refractivity contribution in [2.45, 2.75) is 127 Å². The van der Waals surface area contributed by atoms with Gasteiger partial charge in [0, 0.05) is 55.5 Å². The molecule has 0 spiro atoms. The summed E-state index contributed by atoms with van der Waals surface area (Å²) in [4.78, 5) is 30.9. The average molecular weight is 951 g/mol. The van der Waals surface area contributed by atoms with Crippen LogP contribution < -0.4 is 26.0 Å². The molecule has 0 bridgehead atoms. The quantitative estimate of drug-likeness (QED) is 0.0543. The fraction of sp³-hybridized carbons (Fsp3) is 0.488. The van der Waals surface area contributed by atoms with E-state index < -0.39 is 70.9 Å². The second kappa shape index (κ2) is 19.6. The number of aryl methyl sites for hydroxylation is 1. The molecule has 0 aliphatic heterocycles. The molecular weight excluding hydrogens is 904 g/mol. The Hall–Kier alpha value is -6.17. The van der Waals surface area contributed by atoms with Crippen LogP contribution in [-0.2, 0) is 38.0 Å². The van der Waals surface area contributed by atoms with E-state index in [1.165, 1.54) is 12.5 Å². The fourth-order valence-electron chi connectivity index (χ4n) is 8.16. The van der Waals surface area contributed by atoms with Crippen molar-refractivity contribution >= 4 is 23.5 Å². The highest BCUT2D eigenvalue weighted by atomic mass is 19.4. The minimum Gasteiger partial charge on any atom is -0.439 e. The number of aliphatic hydroxyl groups is 2. The molecule has 2 saturated carbocycles. The Balaban J connectivity index is 0.961. The van der Waals surface area contributed by atoms with Crippen molar-refractivity contribution < 1.29 is 54.5 Å². The van der Waals surface area contributed by atoms with Crippen molar-refractivity contribution in [3.05, 3.63) is 95.2 Å². The summed E-state index contributed by atoms with van der Waals surface area (Å²) in [5, 5.41) is 32.6. The van der Waals surface area contributed by atoms with Gasteiger partial charge in [-0.3, -0.25) is 0 Å². The first-order valence-electron chi connectivity index (χ1n) is 21.3. The van der Waals surface area contributed by atoms with Crippen molar-refractivity contribution in [1.82, 2.24) is 39.9 Å². The molecule has 2 aliphatic rings. The Morgan fingerprint density at radius 3 is 1.81 bits per heavy atom. The Bertz CT molecular complexity index is 2470. The van der Waals surface area contributed by atoms with Gasteiger partial charge in [0.2, 0.25) is 17.8 Å². The maximum atomic E-state index is 14.1. The lowest BCUT2D eigenvalue weighted by molar-refractivity contribution is -0.142. The summed E-state index contributed by atoms with van der Waals surface area (Å²) in [6.07, 6.45) is -5.90. The van der Waals surface area contributed by atoms with E-state index in [2.05, 4.69) is 61.1 Å². The van der Waals surface area contributed by atoms with Crippen molar-refractivity contribution in [3.63, 3.8) is 0 Å². The zero-order valence-corrected chi connectivity index (χ0v) is 36.1. The normalized spacial score (nSPS) is 22.5. The summed E-state index contributed by atoms with van der Waals surface area (Å²) in [6.45, 7) is 3.02. The molecule has 1 unspecified atom stereocenters. The first kappa shape index (κ1) is 48.8. The van der Waals surface area contributed by atoms with E-state index in [1.54, 1.807) is 19.1 Å². The van der Waals surface area contributed by atoms with Crippen LogP contribution in [-0.4, -0.2) is 73.9 Å². The predicted molar refractivity (Wildman–Crippen MR) is 225 cm³/mol. The zero-order chi connectivity index (χ0) is 48.2. The fourth-order valence-corrected chi connectivity index (χ4v) is 8.16. The molecule has 6 N–H and O–H groups in total. The molecule has 24 heteroatoms. The predicted octanol–water partition coefficient (Wildman–Crippen LogP) is 8.99. The largest absolute Gasteiger partial charge is 0.439 e. The first-order valence-corrected chi connectivity index (χ1v) is 21.3. The van der Waals surface area contributed by atoms with Gasteiger partial charge in [0.05, 0.1) is 17.3 Å². The van der Waals surface area contributed by atoms with Crippen LogP contribution in [0.25, 0.3) is 0 Å². The molecule has 0 radical (unpaired) electrons. The van der Waals surface area contributed by atoms with Crippen LogP contribution in [0.4, 0.5) is 63.0 Å². The van der Waals surface area contributed by atoms with Gasteiger partial charge in [0.15, 0.2) is 5.69 Å². The number of halogens is 9. The highest BCUT2D eigenvalue weighted by Crippen LogP contribution is 2.43. The van der Waals surface area contributed by atoms with E-state index in [4.69, 9.17) is 4.74 Å². The molecule has 2 fully saturated rings. The summed E-state index contributed by atoms with van der Waals surface area (Å²) in [5.41, 5.74) is -4.05. The Labute approximate surface area is 377 Å². The lowest BCUT2D eigenvalue weighted by Gasteiger charge is -2.43. The van der Waals surface area contributed by atoms with Crippen molar-refractivity contribution in [3.8, 4) is 11.6 Å². The Morgan fingerprint density at radius 1 is 0.672 bits per heavy atom. The molecule has 2 aliphatic carbocycles. The number of aliphatic hydroxyl groups excluding tert-OH is 1. The molecule has 3 atom stereocenters. The van der Waals surface area contributed by atoms with Crippen molar-refractivity contribution in [2.24, 2.45) is 5.41 Å². The van der Waals surface area contributed by atoms with Gasteiger partial charge in [-0.05, 0) is 87.8 Å². The summed E-state index contributed by atoms with van der Waals surface area (Å²) in [7, 11) is 0. The molecular formula is C43H47F9N12O3. The van der Waals surface area contributed by atoms with Gasteiger partial charge in [-0.25, -0.2) is 29.9 Å². The number of benzene rings is 1. The van der Waals surface area contributed by atoms with Crippen molar-refractivity contribution in [2.75, 3.05) is 21.3 Å². The number of hydrogen-bond donors (Lipinski definition) is 6. The van der Waals surface area contributed by atoms with Crippen LogP contribution >= 0.6 is 0 Å². The maximum absolute atomic E-state index is 14.1. The van der Waals surface area contributed by atoms with Gasteiger partial charge in [0.1, 0.15) is 41.2 Å². The maximum Gasteiger partial charge on any atom is 0.433 e.